The number of hydrogen-bond acceptors (Lipinski definition) is 6. The minimum Gasteiger partial charge on any atom is -0.468 e. The number of rotatable bonds is 2. The molecule has 6 nitrogen and oxygen atoms in total. The number of esters is 1. The summed E-state index contributed by atoms with van der Waals surface area (Å²) in [5.41, 5.74) is 3.13. The summed E-state index contributed by atoms with van der Waals surface area (Å²) in [6.07, 6.45) is 0.576. The first kappa shape index (κ1) is 17.4. The van der Waals surface area contributed by atoms with Crippen LogP contribution in [0.15, 0.2) is 52.1 Å². The highest BCUT2D eigenvalue weighted by molar-refractivity contribution is 6.11. The number of para-hydroxylation sites is 2. The Morgan fingerprint density at radius 3 is 2.59 bits per heavy atom. The van der Waals surface area contributed by atoms with Crippen molar-refractivity contribution in [3.63, 3.8) is 0 Å². The van der Waals surface area contributed by atoms with Crippen LogP contribution in [0.5, 0.6) is 0 Å². The van der Waals surface area contributed by atoms with E-state index in [1.807, 2.05) is 50.2 Å². The van der Waals surface area contributed by atoms with Crippen molar-refractivity contribution < 1.29 is 18.7 Å². The van der Waals surface area contributed by atoms with Crippen molar-refractivity contribution in [2.75, 3.05) is 17.7 Å². The molecule has 0 unspecified atom stereocenters. The molecule has 140 valence electrons. The minimum absolute atomic E-state index is 0.152. The summed E-state index contributed by atoms with van der Waals surface area (Å²) in [5.74, 6) is -0.263. The van der Waals surface area contributed by atoms with Crippen LogP contribution in [-0.2, 0) is 14.3 Å². The van der Waals surface area contributed by atoms with E-state index in [1.54, 1.807) is 0 Å². The Kier molecular flexibility index (Phi) is 4.26. The van der Waals surface area contributed by atoms with E-state index in [0.29, 0.717) is 17.8 Å². The van der Waals surface area contributed by atoms with Gasteiger partial charge in [0.1, 0.15) is 23.5 Å². The standard InChI is InChI=1S/C21H22N2O4/c1-11-10-15-18(20(24)17(11)21(25)26-3)19(16-9-8-12(2)27-16)23-14-7-5-4-6-13(14)22-15/h4-9,11,17,19,22-23H,10H2,1-3H3/t11-,17+,19+/m0/s1. The molecule has 0 saturated carbocycles. The molecule has 3 atom stereocenters. The molecular formula is C21H22N2O4. The molecule has 1 aliphatic carbocycles. The lowest BCUT2D eigenvalue weighted by Gasteiger charge is -2.31. The van der Waals surface area contributed by atoms with Gasteiger partial charge in [0, 0.05) is 11.3 Å². The molecule has 1 aliphatic heterocycles. The molecule has 0 spiro atoms. The van der Waals surface area contributed by atoms with Crippen LogP contribution in [0, 0.1) is 18.8 Å². The molecule has 2 aliphatic rings. The highest BCUT2D eigenvalue weighted by atomic mass is 16.5. The van der Waals surface area contributed by atoms with Crippen LogP contribution < -0.4 is 10.6 Å². The predicted octanol–water partition coefficient (Wildman–Crippen LogP) is 3.82. The lowest BCUT2D eigenvalue weighted by atomic mass is 9.75. The van der Waals surface area contributed by atoms with E-state index in [2.05, 4.69) is 10.6 Å². The van der Waals surface area contributed by atoms with E-state index < -0.39 is 17.9 Å². The molecule has 4 rings (SSSR count). The Bertz CT molecular complexity index is 943. The summed E-state index contributed by atoms with van der Waals surface area (Å²) in [6.45, 7) is 3.77. The zero-order chi connectivity index (χ0) is 19.1. The molecule has 0 radical (unpaired) electrons. The third-order valence-corrected chi connectivity index (χ3v) is 5.27. The Morgan fingerprint density at radius 1 is 1.19 bits per heavy atom. The fourth-order valence-electron chi connectivity index (χ4n) is 3.96. The maximum Gasteiger partial charge on any atom is 0.316 e. The van der Waals surface area contributed by atoms with Crippen LogP contribution in [0.2, 0.25) is 0 Å². The Labute approximate surface area is 157 Å². The molecule has 0 amide bonds. The molecule has 1 aromatic heterocycles. The number of carbonyl (C=O) groups excluding carboxylic acids is 2. The molecule has 27 heavy (non-hydrogen) atoms. The number of aryl methyl sites for hydroxylation is 1. The van der Waals surface area contributed by atoms with Gasteiger partial charge >= 0.3 is 5.97 Å². The van der Waals surface area contributed by atoms with Gasteiger partial charge in [-0.25, -0.2) is 0 Å². The summed E-state index contributed by atoms with van der Waals surface area (Å²) in [6, 6.07) is 11.1. The molecule has 1 aromatic carbocycles. The highest BCUT2D eigenvalue weighted by Gasteiger charge is 2.44. The van der Waals surface area contributed by atoms with Gasteiger partial charge in [-0.2, -0.15) is 0 Å². The van der Waals surface area contributed by atoms with Gasteiger partial charge in [-0.3, -0.25) is 9.59 Å². The van der Waals surface area contributed by atoms with Gasteiger partial charge in [-0.05, 0) is 43.5 Å². The Hall–Kier alpha value is -3.02. The quantitative estimate of drug-likeness (QED) is 0.621. The first-order valence-corrected chi connectivity index (χ1v) is 9.03. The van der Waals surface area contributed by atoms with Gasteiger partial charge in [0.2, 0.25) is 0 Å². The zero-order valence-corrected chi connectivity index (χ0v) is 15.5. The van der Waals surface area contributed by atoms with Crippen LogP contribution >= 0.6 is 0 Å². The zero-order valence-electron chi connectivity index (χ0n) is 15.5. The number of ketones is 1. The SMILES string of the molecule is COC(=O)[C@H]1C(=O)C2=C(C[C@@H]1C)Nc1ccccc1N[C@@H]2c1ccc(C)o1. The topological polar surface area (TPSA) is 80.6 Å². The number of hydrogen-bond donors (Lipinski definition) is 2. The Morgan fingerprint density at radius 2 is 1.93 bits per heavy atom. The number of carbonyl (C=O) groups is 2. The van der Waals surface area contributed by atoms with Crippen LogP contribution in [0.4, 0.5) is 11.4 Å². The molecule has 6 heteroatoms. The van der Waals surface area contributed by atoms with Gasteiger partial charge < -0.3 is 19.8 Å². The second-order valence-corrected chi connectivity index (χ2v) is 7.14. The average molecular weight is 366 g/mol. The number of nitrogens with one attached hydrogen (secondary N) is 2. The average Bonchev–Trinajstić information content (AvgIpc) is 3.00. The number of Topliss-reactive ketones (excluding diaryl/α,β-unsaturated/α-hetero) is 1. The van der Waals surface area contributed by atoms with Gasteiger partial charge in [0.15, 0.2) is 5.78 Å². The summed E-state index contributed by atoms with van der Waals surface area (Å²) >= 11 is 0. The molecular weight excluding hydrogens is 344 g/mol. The summed E-state index contributed by atoms with van der Waals surface area (Å²) in [4.78, 5) is 25.7. The number of ether oxygens (including phenoxy) is 1. The van der Waals surface area contributed by atoms with Crippen molar-refractivity contribution in [2.24, 2.45) is 11.8 Å². The minimum atomic E-state index is -0.808. The lowest BCUT2D eigenvalue weighted by Crippen LogP contribution is -2.39. The van der Waals surface area contributed by atoms with Gasteiger partial charge in [0.05, 0.1) is 18.5 Å². The third-order valence-electron chi connectivity index (χ3n) is 5.27. The van der Waals surface area contributed by atoms with E-state index >= 15 is 0 Å². The van der Waals surface area contributed by atoms with Crippen molar-refractivity contribution in [2.45, 2.75) is 26.3 Å². The maximum absolute atomic E-state index is 13.4. The fourth-order valence-corrected chi connectivity index (χ4v) is 3.96. The molecule has 2 aromatic rings. The monoisotopic (exact) mass is 366 g/mol. The second-order valence-electron chi connectivity index (χ2n) is 7.14. The normalized spacial score (nSPS) is 24.3. The van der Waals surface area contributed by atoms with Crippen molar-refractivity contribution in [1.29, 1.82) is 0 Å². The molecule has 2 N–H and O–H groups in total. The first-order chi connectivity index (χ1) is 13.0. The number of fused-ring (bicyclic) bond motifs is 1. The Balaban J connectivity index is 1.86. The van der Waals surface area contributed by atoms with E-state index in [-0.39, 0.29) is 11.7 Å². The highest BCUT2D eigenvalue weighted by Crippen LogP contribution is 2.43. The van der Waals surface area contributed by atoms with Crippen LogP contribution in [-0.4, -0.2) is 18.9 Å². The largest absolute Gasteiger partial charge is 0.468 e. The molecule has 0 fully saturated rings. The summed E-state index contributed by atoms with van der Waals surface area (Å²) in [7, 11) is 1.32. The predicted molar refractivity (Wildman–Crippen MR) is 101 cm³/mol. The van der Waals surface area contributed by atoms with E-state index in [4.69, 9.17) is 9.15 Å². The first-order valence-electron chi connectivity index (χ1n) is 9.03. The van der Waals surface area contributed by atoms with E-state index in [9.17, 15) is 9.59 Å². The fraction of sp³-hybridized carbons (Fsp3) is 0.333. The lowest BCUT2D eigenvalue weighted by molar-refractivity contribution is -0.151. The second kappa shape index (κ2) is 6.61. The summed E-state index contributed by atoms with van der Waals surface area (Å²) < 4.78 is 10.7. The van der Waals surface area contributed by atoms with Crippen LogP contribution in [0.3, 0.4) is 0 Å². The number of methoxy groups -OCH3 is 1. The van der Waals surface area contributed by atoms with Crippen molar-refractivity contribution in [3.05, 3.63) is 59.2 Å². The number of allylic oxidation sites excluding steroid dienone is 1. The van der Waals surface area contributed by atoms with Crippen molar-refractivity contribution in [1.82, 2.24) is 0 Å². The van der Waals surface area contributed by atoms with Crippen LogP contribution in [0.1, 0.15) is 30.9 Å². The molecule has 2 heterocycles. The van der Waals surface area contributed by atoms with Gasteiger partial charge in [-0.1, -0.05) is 19.1 Å². The maximum atomic E-state index is 13.4. The number of anilines is 2. The smallest absolute Gasteiger partial charge is 0.316 e. The van der Waals surface area contributed by atoms with Gasteiger partial charge in [0.25, 0.3) is 0 Å². The molecule has 0 bridgehead atoms. The van der Waals surface area contributed by atoms with Crippen molar-refractivity contribution >= 4 is 23.1 Å². The number of furan rings is 1. The van der Waals surface area contributed by atoms with Crippen LogP contribution in [0.25, 0.3) is 0 Å². The van der Waals surface area contributed by atoms with Gasteiger partial charge in [-0.15, -0.1) is 0 Å². The number of benzene rings is 1. The third kappa shape index (κ3) is 2.91. The molecule has 0 saturated heterocycles. The summed E-state index contributed by atoms with van der Waals surface area (Å²) in [5, 5.41) is 6.83. The van der Waals surface area contributed by atoms with E-state index in [0.717, 1.165) is 22.8 Å². The van der Waals surface area contributed by atoms with Crippen molar-refractivity contribution in [3.8, 4) is 0 Å². The van der Waals surface area contributed by atoms with E-state index in [1.165, 1.54) is 7.11 Å².